The van der Waals surface area contributed by atoms with Crippen molar-refractivity contribution in [2.24, 2.45) is 23.2 Å². The van der Waals surface area contributed by atoms with E-state index in [1.165, 1.54) is 19.3 Å². The summed E-state index contributed by atoms with van der Waals surface area (Å²) >= 11 is 0. The molecule has 0 aromatic heterocycles. The fourth-order valence-corrected chi connectivity index (χ4v) is 7.15. The Balaban J connectivity index is 1.14. The molecule has 1 N–H and O–H groups in total. The lowest BCUT2D eigenvalue weighted by Crippen LogP contribution is -2.54. The monoisotopic (exact) mass is 390 g/mol. The molecule has 1 unspecified atom stereocenters. The summed E-state index contributed by atoms with van der Waals surface area (Å²) < 4.78 is 11.3. The van der Waals surface area contributed by atoms with E-state index in [1.807, 2.05) is 4.90 Å². The molecule has 6 fully saturated rings. The van der Waals surface area contributed by atoms with E-state index in [0.29, 0.717) is 26.2 Å². The highest BCUT2D eigenvalue weighted by Gasteiger charge is 2.54. The van der Waals surface area contributed by atoms with Crippen LogP contribution < -0.4 is 5.32 Å². The number of ether oxygens (including phenoxy) is 2. The van der Waals surface area contributed by atoms with Gasteiger partial charge in [0.1, 0.15) is 0 Å². The van der Waals surface area contributed by atoms with Gasteiger partial charge in [0.15, 0.2) is 6.29 Å². The molecule has 0 spiro atoms. The van der Waals surface area contributed by atoms with Crippen LogP contribution in [0.5, 0.6) is 0 Å². The quantitative estimate of drug-likeness (QED) is 0.783. The predicted molar refractivity (Wildman–Crippen MR) is 103 cm³/mol. The topological polar surface area (TPSA) is 67.9 Å². The van der Waals surface area contributed by atoms with Crippen LogP contribution in [-0.4, -0.2) is 55.3 Å². The molecule has 0 radical (unpaired) electrons. The van der Waals surface area contributed by atoms with Crippen molar-refractivity contribution in [3.63, 3.8) is 0 Å². The minimum absolute atomic E-state index is 0.0302. The van der Waals surface area contributed by atoms with E-state index < -0.39 is 0 Å². The van der Waals surface area contributed by atoms with Crippen molar-refractivity contribution in [1.82, 2.24) is 10.2 Å². The molecule has 4 aliphatic carbocycles. The van der Waals surface area contributed by atoms with Gasteiger partial charge in [0, 0.05) is 24.9 Å². The van der Waals surface area contributed by atoms with Crippen molar-refractivity contribution < 1.29 is 19.1 Å². The van der Waals surface area contributed by atoms with Crippen LogP contribution in [0.15, 0.2) is 0 Å². The first-order valence-electron chi connectivity index (χ1n) is 11.4. The van der Waals surface area contributed by atoms with Crippen LogP contribution in [0.1, 0.15) is 64.2 Å². The van der Waals surface area contributed by atoms with Gasteiger partial charge >= 0.3 is 0 Å². The first kappa shape index (κ1) is 18.9. The van der Waals surface area contributed by atoms with E-state index in [9.17, 15) is 9.59 Å². The molecule has 2 heterocycles. The number of hydrogen-bond acceptors (Lipinski definition) is 4. The summed E-state index contributed by atoms with van der Waals surface area (Å²) in [5.41, 5.74) is -0.128. The van der Waals surface area contributed by atoms with E-state index in [4.69, 9.17) is 9.47 Å². The number of likely N-dealkylation sites (tertiary alicyclic amines) is 1. The molecule has 6 nitrogen and oxygen atoms in total. The Morgan fingerprint density at radius 2 is 1.61 bits per heavy atom. The lowest BCUT2D eigenvalue weighted by Gasteiger charge is -2.55. The van der Waals surface area contributed by atoms with Crippen LogP contribution in [0.2, 0.25) is 0 Å². The van der Waals surface area contributed by atoms with Gasteiger partial charge < -0.3 is 19.7 Å². The van der Waals surface area contributed by atoms with Crippen LogP contribution in [0, 0.1) is 23.2 Å². The first-order chi connectivity index (χ1) is 13.6. The summed E-state index contributed by atoms with van der Waals surface area (Å²) in [7, 11) is 0. The Morgan fingerprint density at radius 1 is 0.964 bits per heavy atom. The number of carbonyl (C=O) groups excluding carboxylic acids is 2. The summed E-state index contributed by atoms with van der Waals surface area (Å²) in [5.74, 6) is 2.63. The minimum atomic E-state index is -0.272. The molecular formula is C22H34N2O4. The zero-order valence-electron chi connectivity index (χ0n) is 16.9. The van der Waals surface area contributed by atoms with Gasteiger partial charge in [-0.15, -0.1) is 0 Å². The molecule has 6 aliphatic rings. The molecule has 4 saturated carbocycles. The maximum absolute atomic E-state index is 13.1. The second-order valence-corrected chi connectivity index (χ2v) is 9.96. The van der Waals surface area contributed by atoms with Crippen molar-refractivity contribution in [2.45, 2.75) is 76.5 Å². The molecule has 1 atom stereocenters. The Hall–Kier alpha value is -1.14. The number of carbonyl (C=O) groups is 2. The van der Waals surface area contributed by atoms with Crippen molar-refractivity contribution in [1.29, 1.82) is 0 Å². The third kappa shape index (κ3) is 3.47. The zero-order valence-corrected chi connectivity index (χ0v) is 16.9. The third-order valence-electron chi connectivity index (χ3n) is 7.98. The van der Waals surface area contributed by atoms with Crippen molar-refractivity contribution >= 4 is 11.8 Å². The fourth-order valence-electron chi connectivity index (χ4n) is 7.15. The Morgan fingerprint density at radius 3 is 2.25 bits per heavy atom. The third-order valence-corrected chi connectivity index (χ3v) is 7.98. The maximum Gasteiger partial charge on any atom is 0.226 e. The van der Waals surface area contributed by atoms with Crippen molar-refractivity contribution in [2.75, 3.05) is 26.3 Å². The lowest BCUT2D eigenvalue weighted by molar-refractivity contribution is -0.151. The van der Waals surface area contributed by atoms with E-state index in [-0.39, 0.29) is 29.6 Å². The number of nitrogens with zero attached hydrogens (tertiary/aromatic N) is 1. The van der Waals surface area contributed by atoms with Crippen LogP contribution in [0.4, 0.5) is 0 Å². The summed E-state index contributed by atoms with van der Waals surface area (Å²) in [4.78, 5) is 27.9. The largest absolute Gasteiger partial charge is 0.355 e. The van der Waals surface area contributed by atoms with Gasteiger partial charge in [-0.05, 0) is 75.5 Å². The summed E-state index contributed by atoms with van der Waals surface area (Å²) in [6.07, 6.45) is 10.4. The van der Waals surface area contributed by atoms with E-state index in [1.54, 1.807) is 0 Å². The summed E-state index contributed by atoms with van der Waals surface area (Å²) in [6, 6.07) is 0.0302. The molecule has 0 aromatic carbocycles. The summed E-state index contributed by atoms with van der Waals surface area (Å²) in [5, 5.41) is 3.15. The van der Waals surface area contributed by atoms with Gasteiger partial charge in [0.25, 0.3) is 0 Å². The van der Waals surface area contributed by atoms with E-state index in [2.05, 4.69) is 5.32 Å². The van der Waals surface area contributed by atoms with Crippen LogP contribution in [-0.2, 0) is 19.1 Å². The van der Waals surface area contributed by atoms with Gasteiger partial charge in [-0.25, -0.2) is 0 Å². The highest BCUT2D eigenvalue weighted by Crippen LogP contribution is 2.60. The second kappa shape index (κ2) is 7.60. The highest BCUT2D eigenvalue weighted by atomic mass is 16.7. The lowest BCUT2D eigenvalue weighted by atomic mass is 9.49. The number of rotatable bonds is 5. The number of nitrogens with one attached hydrogen (secondary N) is 1. The number of piperidine rings is 1. The average Bonchev–Trinajstić information content (AvgIpc) is 3.21. The van der Waals surface area contributed by atoms with Crippen LogP contribution in [0.3, 0.4) is 0 Å². The van der Waals surface area contributed by atoms with Gasteiger partial charge in [-0.2, -0.15) is 0 Å². The maximum atomic E-state index is 13.1. The fraction of sp³-hybridized carbons (Fsp3) is 0.909. The number of amides is 2. The van der Waals surface area contributed by atoms with Gasteiger partial charge in [-0.3, -0.25) is 9.59 Å². The molecule has 6 heteroatoms. The molecule has 2 aliphatic heterocycles. The standard InChI is InChI=1S/C22H34N2O4/c25-19(24-6-2-1-3-18(24)20-27-7-8-28-20)4-5-23-21(26)22-12-15-9-16(13-22)11-17(10-15)14-22/h15-18,20H,1-14H2,(H,23,26). The van der Waals surface area contributed by atoms with Gasteiger partial charge in [0.2, 0.25) is 11.8 Å². The molecule has 4 bridgehead atoms. The normalized spacial score (nSPS) is 40.1. The van der Waals surface area contributed by atoms with Gasteiger partial charge in [-0.1, -0.05) is 0 Å². The Labute approximate surface area is 167 Å². The van der Waals surface area contributed by atoms with Crippen LogP contribution >= 0.6 is 0 Å². The Bertz CT molecular complexity index is 580. The predicted octanol–water partition coefficient (Wildman–Crippen LogP) is 2.46. The van der Waals surface area contributed by atoms with Crippen molar-refractivity contribution in [3.05, 3.63) is 0 Å². The molecule has 2 amide bonds. The molecular weight excluding hydrogens is 356 g/mol. The Kier molecular flexibility index (Phi) is 5.12. The van der Waals surface area contributed by atoms with Gasteiger partial charge in [0.05, 0.1) is 19.3 Å². The average molecular weight is 391 g/mol. The van der Waals surface area contributed by atoms with Crippen molar-refractivity contribution in [3.8, 4) is 0 Å². The summed E-state index contributed by atoms with van der Waals surface area (Å²) in [6.45, 7) is 2.46. The van der Waals surface area contributed by atoms with E-state index >= 15 is 0 Å². The van der Waals surface area contributed by atoms with E-state index in [0.717, 1.165) is 62.8 Å². The molecule has 2 saturated heterocycles. The molecule has 156 valence electrons. The number of hydrogen-bond donors (Lipinski definition) is 1. The zero-order chi connectivity index (χ0) is 19.1. The molecule has 0 aromatic rings. The highest BCUT2D eigenvalue weighted by molar-refractivity contribution is 5.84. The minimum Gasteiger partial charge on any atom is -0.355 e. The van der Waals surface area contributed by atoms with Crippen LogP contribution in [0.25, 0.3) is 0 Å². The molecule has 6 rings (SSSR count). The smallest absolute Gasteiger partial charge is 0.226 e. The first-order valence-corrected chi connectivity index (χ1v) is 11.4. The molecule has 28 heavy (non-hydrogen) atoms. The second-order valence-electron chi connectivity index (χ2n) is 9.96. The SMILES string of the molecule is O=C(CCNC(=O)C12CC3CC(CC(C3)C1)C2)N1CCCCC1C1OCCO1.